The lowest BCUT2D eigenvalue weighted by atomic mass is 10.2. The summed E-state index contributed by atoms with van der Waals surface area (Å²) in [5.74, 6) is 0.708. The molecule has 1 aromatic carbocycles. The van der Waals surface area contributed by atoms with Crippen LogP contribution >= 0.6 is 0 Å². The van der Waals surface area contributed by atoms with Crippen molar-refractivity contribution in [3.8, 4) is 5.75 Å². The number of aliphatic hydroxyl groups is 1. The summed E-state index contributed by atoms with van der Waals surface area (Å²) in [5.41, 5.74) is 0.630. The molecule has 0 spiro atoms. The summed E-state index contributed by atoms with van der Waals surface area (Å²) in [6.45, 7) is 5.16. The Balaban J connectivity index is 2.33. The van der Waals surface area contributed by atoms with Gasteiger partial charge in [-0.15, -0.1) is 0 Å². The van der Waals surface area contributed by atoms with E-state index in [-0.39, 0.29) is 12.0 Å². The highest BCUT2D eigenvalue weighted by Crippen LogP contribution is 2.12. The second-order valence-corrected chi connectivity index (χ2v) is 4.97. The highest BCUT2D eigenvalue weighted by Gasteiger charge is 2.05. The van der Waals surface area contributed by atoms with Crippen LogP contribution in [0.1, 0.15) is 49.9 Å². The average Bonchev–Trinajstić information content (AvgIpc) is 2.44. The maximum absolute atomic E-state index is 11.8. The number of carbonyl (C=O) groups excluding carboxylic acids is 1. The molecule has 0 aromatic heterocycles. The highest BCUT2D eigenvalue weighted by molar-refractivity contribution is 5.94. The van der Waals surface area contributed by atoms with E-state index in [2.05, 4.69) is 12.2 Å². The smallest absolute Gasteiger partial charge is 0.251 e. The zero-order chi connectivity index (χ0) is 14.8. The summed E-state index contributed by atoms with van der Waals surface area (Å²) in [7, 11) is 0. The summed E-state index contributed by atoms with van der Waals surface area (Å²) in [6.07, 6.45) is 3.30. The molecule has 1 unspecified atom stereocenters. The van der Waals surface area contributed by atoms with E-state index < -0.39 is 0 Å². The molecule has 2 N–H and O–H groups in total. The van der Waals surface area contributed by atoms with Crippen LogP contribution in [0.5, 0.6) is 5.75 Å². The Hall–Kier alpha value is -1.55. The van der Waals surface area contributed by atoms with E-state index in [9.17, 15) is 4.79 Å². The quantitative estimate of drug-likeness (QED) is 0.683. The predicted molar refractivity (Wildman–Crippen MR) is 80.1 cm³/mol. The molecular formula is C16H25NO3. The van der Waals surface area contributed by atoms with Crippen LogP contribution < -0.4 is 10.1 Å². The molecule has 1 rings (SSSR count). The van der Waals surface area contributed by atoms with Crippen LogP contribution in [-0.4, -0.2) is 30.3 Å². The molecule has 0 aliphatic rings. The number of rotatable bonds is 9. The van der Waals surface area contributed by atoms with Gasteiger partial charge in [-0.05, 0) is 50.5 Å². The molecule has 1 amide bonds. The molecule has 0 fully saturated rings. The number of aliphatic hydroxyl groups excluding tert-OH is 1. The van der Waals surface area contributed by atoms with Crippen molar-refractivity contribution < 1.29 is 14.6 Å². The van der Waals surface area contributed by atoms with Gasteiger partial charge in [0.2, 0.25) is 0 Å². The molecule has 0 heterocycles. The number of hydrogen-bond acceptors (Lipinski definition) is 3. The lowest BCUT2D eigenvalue weighted by Crippen LogP contribution is -2.24. The normalized spacial score (nSPS) is 11.9. The number of hydrogen-bond donors (Lipinski definition) is 2. The lowest BCUT2D eigenvalue weighted by molar-refractivity contribution is 0.0949. The van der Waals surface area contributed by atoms with Gasteiger partial charge in [0, 0.05) is 12.1 Å². The van der Waals surface area contributed by atoms with Crippen molar-refractivity contribution in [3.05, 3.63) is 29.8 Å². The Kier molecular flexibility index (Phi) is 7.73. The van der Waals surface area contributed by atoms with Crippen molar-refractivity contribution in [2.75, 3.05) is 13.2 Å². The highest BCUT2D eigenvalue weighted by atomic mass is 16.5. The molecular weight excluding hydrogens is 254 g/mol. The largest absolute Gasteiger partial charge is 0.494 e. The minimum atomic E-state index is -0.313. The summed E-state index contributed by atoms with van der Waals surface area (Å²) in [4.78, 5) is 11.8. The third-order valence-corrected chi connectivity index (χ3v) is 2.97. The molecule has 0 bridgehead atoms. The van der Waals surface area contributed by atoms with Gasteiger partial charge >= 0.3 is 0 Å². The van der Waals surface area contributed by atoms with E-state index in [4.69, 9.17) is 9.84 Å². The fraction of sp³-hybridized carbons (Fsp3) is 0.562. The molecule has 0 aliphatic carbocycles. The van der Waals surface area contributed by atoms with Crippen LogP contribution in [0, 0.1) is 0 Å². The molecule has 4 heteroatoms. The van der Waals surface area contributed by atoms with E-state index >= 15 is 0 Å². The summed E-state index contributed by atoms with van der Waals surface area (Å²) in [6, 6.07) is 7.18. The summed E-state index contributed by atoms with van der Waals surface area (Å²) in [5, 5.41) is 12.0. The fourth-order valence-corrected chi connectivity index (χ4v) is 1.74. The standard InChI is InChI=1S/C16H25NO3/c1-3-4-12-20-15-9-7-14(8-10-15)16(19)17-11-5-6-13(2)18/h7-10,13,18H,3-6,11-12H2,1-2H3,(H,17,19). The van der Waals surface area contributed by atoms with Gasteiger partial charge in [0.25, 0.3) is 5.91 Å². The second-order valence-electron chi connectivity index (χ2n) is 4.97. The third kappa shape index (κ3) is 6.57. The van der Waals surface area contributed by atoms with Gasteiger partial charge in [0.15, 0.2) is 0 Å². The van der Waals surface area contributed by atoms with Crippen LogP contribution in [0.15, 0.2) is 24.3 Å². The predicted octanol–water partition coefficient (Wildman–Crippen LogP) is 2.76. The number of unbranched alkanes of at least 4 members (excludes halogenated alkanes) is 1. The fourth-order valence-electron chi connectivity index (χ4n) is 1.74. The first-order chi connectivity index (χ1) is 9.63. The van der Waals surface area contributed by atoms with Crippen LogP contribution in [-0.2, 0) is 0 Å². The SMILES string of the molecule is CCCCOc1ccc(C(=O)NCCCC(C)O)cc1. The van der Waals surface area contributed by atoms with Gasteiger partial charge < -0.3 is 15.2 Å². The average molecular weight is 279 g/mol. The van der Waals surface area contributed by atoms with E-state index in [0.717, 1.165) is 25.0 Å². The van der Waals surface area contributed by atoms with Crippen molar-refractivity contribution in [1.82, 2.24) is 5.32 Å². The molecule has 0 radical (unpaired) electrons. The number of amides is 1. The van der Waals surface area contributed by atoms with Crippen LogP contribution in [0.25, 0.3) is 0 Å². The second kappa shape index (κ2) is 9.37. The van der Waals surface area contributed by atoms with Gasteiger partial charge in [-0.3, -0.25) is 4.79 Å². The van der Waals surface area contributed by atoms with Crippen molar-refractivity contribution in [2.45, 2.75) is 45.6 Å². The van der Waals surface area contributed by atoms with Gasteiger partial charge in [-0.25, -0.2) is 0 Å². The van der Waals surface area contributed by atoms with Crippen molar-refractivity contribution in [3.63, 3.8) is 0 Å². The first kappa shape index (κ1) is 16.5. The molecule has 4 nitrogen and oxygen atoms in total. The van der Waals surface area contributed by atoms with Gasteiger partial charge in [-0.2, -0.15) is 0 Å². The number of carbonyl (C=O) groups is 1. The van der Waals surface area contributed by atoms with Crippen LogP contribution in [0.2, 0.25) is 0 Å². The minimum absolute atomic E-state index is 0.0873. The van der Waals surface area contributed by atoms with E-state index in [0.29, 0.717) is 25.1 Å². The van der Waals surface area contributed by atoms with E-state index in [1.54, 1.807) is 19.1 Å². The molecule has 0 saturated carbocycles. The molecule has 1 atom stereocenters. The Morgan fingerprint density at radius 1 is 1.30 bits per heavy atom. The molecule has 0 aliphatic heterocycles. The number of nitrogens with one attached hydrogen (secondary N) is 1. The zero-order valence-corrected chi connectivity index (χ0v) is 12.4. The van der Waals surface area contributed by atoms with Gasteiger partial charge in [0.1, 0.15) is 5.75 Å². The Morgan fingerprint density at radius 3 is 2.60 bits per heavy atom. The first-order valence-corrected chi connectivity index (χ1v) is 7.32. The van der Waals surface area contributed by atoms with E-state index in [1.807, 2.05) is 12.1 Å². The lowest BCUT2D eigenvalue weighted by Gasteiger charge is -2.08. The molecule has 0 saturated heterocycles. The molecule has 112 valence electrons. The Bertz CT molecular complexity index is 387. The van der Waals surface area contributed by atoms with Crippen molar-refractivity contribution >= 4 is 5.91 Å². The maximum Gasteiger partial charge on any atom is 0.251 e. The Morgan fingerprint density at radius 2 is 2.00 bits per heavy atom. The van der Waals surface area contributed by atoms with Gasteiger partial charge in [0.05, 0.1) is 12.7 Å². The molecule has 20 heavy (non-hydrogen) atoms. The Labute approximate surface area is 121 Å². The van der Waals surface area contributed by atoms with Gasteiger partial charge in [-0.1, -0.05) is 13.3 Å². The molecule has 1 aromatic rings. The van der Waals surface area contributed by atoms with E-state index in [1.165, 1.54) is 0 Å². The number of ether oxygens (including phenoxy) is 1. The van der Waals surface area contributed by atoms with Crippen LogP contribution in [0.4, 0.5) is 0 Å². The monoisotopic (exact) mass is 279 g/mol. The summed E-state index contributed by atoms with van der Waals surface area (Å²) >= 11 is 0. The first-order valence-electron chi connectivity index (χ1n) is 7.32. The topological polar surface area (TPSA) is 58.6 Å². The zero-order valence-electron chi connectivity index (χ0n) is 12.4. The maximum atomic E-state index is 11.8. The third-order valence-electron chi connectivity index (χ3n) is 2.97. The summed E-state index contributed by atoms with van der Waals surface area (Å²) < 4.78 is 5.55. The minimum Gasteiger partial charge on any atom is -0.494 e. The van der Waals surface area contributed by atoms with Crippen molar-refractivity contribution in [2.24, 2.45) is 0 Å². The number of benzene rings is 1. The van der Waals surface area contributed by atoms with Crippen molar-refractivity contribution in [1.29, 1.82) is 0 Å². The van der Waals surface area contributed by atoms with Crippen LogP contribution in [0.3, 0.4) is 0 Å².